The van der Waals surface area contributed by atoms with Crippen LogP contribution in [0, 0.1) is 5.82 Å². The van der Waals surface area contributed by atoms with E-state index in [0.29, 0.717) is 6.54 Å². The number of nitrogens with zero attached hydrogens (tertiary/aromatic N) is 1. The van der Waals surface area contributed by atoms with E-state index in [2.05, 4.69) is 4.98 Å². The second-order valence-corrected chi connectivity index (χ2v) is 4.28. The molecular formula is C11H11FN2S. The van der Waals surface area contributed by atoms with Gasteiger partial charge in [-0.25, -0.2) is 9.37 Å². The molecule has 15 heavy (non-hydrogen) atoms. The van der Waals surface area contributed by atoms with Crippen molar-refractivity contribution < 1.29 is 4.39 Å². The summed E-state index contributed by atoms with van der Waals surface area (Å²) in [5.41, 5.74) is 6.31. The molecule has 0 radical (unpaired) electrons. The average Bonchev–Trinajstić information content (AvgIpc) is 2.67. The normalized spacial score (nSPS) is 10.5. The van der Waals surface area contributed by atoms with Crippen molar-refractivity contribution in [1.82, 2.24) is 4.98 Å². The number of rotatable bonds is 3. The van der Waals surface area contributed by atoms with E-state index in [-0.39, 0.29) is 5.82 Å². The highest BCUT2D eigenvalue weighted by molar-refractivity contribution is 7.15. The molecule has 2 rings (SSSR count). The molecule has 0 aliphatic rings. The van der Waals surface area contributed by atoms with E-state index in [9.17, 15) is 4.39 Å². The number of halogens is 1. The number of hydrogen-bond donors (Lipinski definition) is 1. The Balaban J connectivity index is 2.29. The highest BCUT2D eigenvalue weighted by Gasteiger charge is 2.04. The number of aromatic nitrogens is 1. The van der Waals surface area contributed by atoms with Crippen molar-refractivity contribution in [1.29, 1.82) is 0 Å². The van der Waals surface area contributed by atoms with Crippen molar-refractivity contribution in [3.63, 3.8) is 0 Å². The first-order valence-corrected chi connectivity index (χ1v) is 5.52. The van der Waals surface area contributed by atoms with Gasteiger partial charge in [0.15, 0.2) is 0 Å². The van der Waals surface area contributed by atoms with E-state index in [1.165, 1.54) is 12.1 Å². The van der Waals surface area contributed by atoms with Crippen LogP contribution in [0.3, 0.4) is 0 Å². The quantitative estimate of drug-likeness (QED) is 0.866. The number of hydrogen-bond acceptors (Lipinski definition) is 3. The van der Waals surface area contributed by atoms with Crippen LogP contribution < -0.4 is 5.73 Å². The highest BCUT2D eigenvalue weighted by atomic mass is 32.1. The number of thiazole rings is 1. The Bertz CT molecular complexity index is 453. The monoisotopic (exact) mass is 222 g/mol. The molecule has 0 amide bonds. The molecule has 0 aliphatic heterocycles. The first kappa shape index (κ1) is 10.3. The Morgan fingerprint density at radius 2 is 2.27 bits per heavy atom. The van der Waals surface area contributed by atoms with Gasteiger partial charge >= 0.3 is 0 Å². The van der Waals surface area contributed by atoms with E-state index in [0.717, 1.165) is 21.9 Å². The van der Waals surface area contributed by atoms with E-state index >= 15 is 0 Å². The summed E-state index contributed by atoms with van der Waals surface area (Å²) in [6, 6.07) is 6.53. The maximum absolute atomic E-state index is 13.0. The summed E-state index contributed by atoms with van der Waals surface area (Å²) in [6.45, 7) is 0.593. The van der Waals surface area contributed by atoms with E-state index < -0.39 is 0 Å². The first-order valence-electron chi connectivity index (χ1n) is 4.70. The molecule has 0 saturated carbocycles. The van der Waals surface area contributed by atoms with Crippen LogP contribution in [0.1, 0.15) is 5.01 Å². The molecule has 0 fully saturated rings. The summed E-state index contributed by atoms with van der Waals surface area (Å²) in [4.78, 5) is 5.21. The zero-order valence-electron chi connectivity index (χ0n) is 8.11. The van der Waals surface area contributed by atoms with E-state index in [1.54, 1.807) is 23.6 Å². The minimum absolute atomic E-state index is 0.221. The van der Waals surface area contributed by atoms with Gasteiger partial charge in [-0.05, 0) is 24.2 Å². The third kappa shape index (κ3) is 2.40. The van der Waals surface area contributed by atoms with Crippen LogP contribution in [0.2, 0.25) is 0 Å². The fourth-order valence-corrected chi connectivity index (χ4v) is 2.25. The summed E-state index contributed by atoms with van der Waals surface area (Å²) in [7, 11) is 0. The van der Waals surface area contributed by atoms with Gasteiger partial charge in [0.2, 0.25) is 0 Å². The maximum Gasteiger partial charge on any atom is 0.123 e. The Morgan fingerprint density at radius 3 is 3.00 bits per heavy atom. The lowest BCUT2D eigenvalue weighted by molar-refractivity contribution is 0.628. The molecule has 0 unspecified atom stereocenters. The molecule has 0 spiro atoms. The molecule has 2 N–H and O–H groups in total. The minimum atomic E-state index is -0.221. The standard InChI is InChI=1S/C11H11FN2S/c12-9-3-1-2-8(6-9)10-7-14-11(15-10)4-5-13/h1-3,6-7H,4-5,13H2. The van der Waals surface area contributed by atoms with Crippen LogP contribution in [0.5, 0.6) is 0 Å². The van der Waals surface area contributed by atoms with Gasteiger partial charge in [-0.1, -0.05) is 12.1 Å². The Labute approximate surface area is 91.6 Å². The van der Waals surface area contributed by atoms with Gasteiger partial charge in [-0.2, -0.15) is 0 Å². The fraction of sp³-hybridized carbons (Fsp3) is 0.182. The van der Waals surface area contributed by atoms with Gasteiger partial charge < -0.3 is 5.73 Å². The summed E-state index contributed by atoms with van der Waals surface area (Å²) in [5.74, 6) is -0.221. The molecule has 4 heteroatoms. The third-order valence-corrected chi connectivity index (χ3v) is 3.13. The predicted octanol–water partition coefficient (Wildman–Crippen LogP) is 2.45. The zero-order chi connectivity index (χ0) is 10.7. The molecule has 1 heterocycles. The van der Waals surface area contributed by atoms with E-state index in [1.807, 2.05) is 6.07 Å². The molecule has 0 atom stereocenters. The molecule has 1 aromatic heterocycles. The van der Waals surface area contributed by atoms with Gasteiger partial charge in [-0.15, -0.1) is 11.3 Å². The van der Waals surface area contributed by atoms with Crippen molar-refractivity contribution in [2.24, 2.45) is 5.73 Å². The molecule has 1 aromatic carbocycles. The van der Waals surface area contributed by atoms with Gasteiger partial charge in [0, 0.05) is 12.6 Å². The first-order chi connectivity index (χ1) is 7.29. The van der Waals surface area contributed by atoms with Crippen LogP contribution in [0.15, 0.2) is 30.5 Å². The Hall–Kier alpha value is -1.26. The van der Waals surface area contributed by atoms with E-state index in [4.69, 9.17) is 5.73 Å². The average molecular weight is 222 g/mol. The molecular weight excluding hydrogens is 211 g/mol. The fourth-order valence-electron chi connectivity index (χ4n) is 1.32. The smallest absolute Gasteiger partial charge is 0.123 e. The van der Waals surface area contributed by atoms with Crippen LogP contribution in [-0.2, 0) is 6.42 Å². The molecule has 0 bridgehead atoms. The van der Waals surface area contributed by atoms with Crippen molar-refractivity contribution in [2.45, 2.75) is 6.42 Å². The minimum Gasteiger partial charge on any atom is -0.330 e. The van der Waals surface area contributed by atoms with Gasteiger partial charge in [0.1, 0.15) is 5.82 Å². The molecule has 0 saturated heterocycles. The summed E-state index contributed by atoms with van der Waals surface area (Å²) in [5, 5.41) is 0.997. The SMILES string of the molecule is NCCc1ncc(-c2cccc(F)c2)s1. The second-order valence-electron chi connectivity index (χ2n) is 3.17. The summed E-state index contributed by atoms with van der Waals surface area (Å²) in [6.07, 6.45) is 2.55. The van der Waals surface area contributed by atoms with Crippen molar-refractivity contribution >= 4 is 11.3 Å². The van der Waals surface area contributed by atoms with Crippen LogP contribution in [0.25, 0.3) is 10.4 Å². The van der Waals surface area contributed by atoms with Crippen molar-refractivity contribution in [3.8, 4) is 10.4 Å². The van der Waals surface area contributed by atoms with Crippen molar-refractivity contribution in [2.75, 3.05) is 6.54 Å². The van der Waals surface area contributed by atoms with Crippen LogP contribution >= 0.6 is 11.3 Å². The van der Waals surface area contributed by atoms with Crippen LogP contribution in [0.4, 0.5) is 4.39 Å². The lowest BCUT2D eigenvalue weighted by atomic mass is 10.2. The maximum atomic E-state index is 13.0. The second kappa shape index (κ2) is 4.51. The predicted molar refractivity (Wildman–Crippen MR) is 60.3 cm³/mol. The lowest BCUT2D eigenvalue weighted by Crippen LogP contribution is -2.01. The third-order valence-electron chi connectivity index (χ3n) is 2.02. The van der Waals surface area contributed by atoms with Crippen LogP contribution in [-0.4, -0.2) is 11.5 Å². The largest absolute Gasteiger partial charge is 0.330 e. The number of nitrogens with two attached hydrogens (primary N) is 1. The number of benzene rings is 1. The molecule has 78 valence electrons. The summed E-state index contributed by atoms with van der Waals surface area (Å²) >= 11 is 1.56. The summed E-state index contributed by atoms with van der Waals surface area (Å²) < 4.78 is 13.0. The highest BCUT2D eigenvalue weighted by Crippen LogP contribution is 2.26. The van der Waals surface area contributed by atoms with Gasteiger partial charge in [0.05, 0.1) is 9.88 Å². The lowest BCUT2D eigenvalue weighted by Gasteiger charge is -1.95. The Morgan fingerprint density at radius 1 is 1.40 bits per heavy atom. The molecule has 2 nitrogen and oxygen atoms in total. The van der Waals surface area contributed by atoms with Crippen molar-refractivity contribution in [3.05, 3.63) is 41.3 Å². The zero-order valence-corrected chi connectivity index (χ0v) is 8.93. The van der Waals surface area contributed by atoms with Gasteiger partial charge in [-0.3, -0.25) is 0 Å². The Kier molecular flexibility index (Phi) is 3.08. The topological polar surface area (TPSA) is 38.9 Å². The molecule has 2 aromatic rings. The molecule has 0 aliphatic carbocycles. The van der Waals surface area contributed by atoms with Gasteiger partial charge in [0.25, 0.3) is 0 Å².